The van der Waals surface area contributed by atoms with E-state index in [1.165, 1.54) is 13.0 Å². The predicted molar refractivity (Wildman–Crippen MR) is 163 cm³/mol. The number of nitrogens with zero attached hydrogens (tertiary/aromatic N) is 1. The molecule has 0 unspecified atom stereocenters. The number of nitrogens with two attached hydrogens (primary N) is 2. The molecule has 45 heavy (non-hydrogen) atoms. The molecule has 0 aromatic heterocycles. The molecule has 15 nitrogen and oxygen atoms in total. The number of fused-ring (bicyclic) bond motifs is 2. The van der Waals surface area contributed by atoms with Gasteiger partial charge in [0, 0.05) is 31.0 Å². The van der Waals surface area contributed by atoms with Gasteiger partial charge in [0.1, 0.15) is 17.8 Å². The SMILES string of the molecule is COCCOCCOCCOC(=O)c1cc(N)c(C)c2oc3c(C)c(=O)c(N)c(OC(=O)CCOCCOCCOC)c-3nc12. The van der Waals surface area contributed by atoms with Gasteiger partial charge in [-0.3, -0.25) is 9.59 Å². The van der Waals surface area contributed by atoms with Crippen molar-refractivity contribution in [3.8, 4) is 17.2 Å². The van der Waals surface area contributed by atoms with E-state index in [-0.39, 0.29) is 83.7 Å². The Kier molecular flexibility index (Phi) is 14.4. The van der Waals surface area contributed by atoms with Gasteiger partial charge in [0.2, 0.25) is 5.43 Å². The predicted octanol–water partition coefficient (Wildman–Crippen LogP) is 1.89. The number of aromatic nitrogens is 1. The van der Waals surface area contributed by atoms with Crippen molar-refractivity contribution in [1.29, 1.82) is 0 Å². The maximum Gasteiger partial charge on any atom is 0.340 e. The number of rotatable bonds is 20. The number of nitrogen functional groups attached to an aromatic ring is 2. The summed E-state index contributed by atoms with van der Waals surface area (Å²) in [5.41, 5.74) is 12.4. The maximum atomic E-state index is 13.1. The topological polar surface area (TPSA) is 203 Å². The second-order valence-electron chi connectivity index (χ2n) is 9.70. The van der Waals surface area contributed by atoms with Crippen LogP contribution in [0, 0.1) is 13.8 Å². The second-order valence-corrected chi connectivity index (χ2v) is 9.70. The fourth-order valence-electron chi connectivity index (χ4n) is 4.03. The summed E-state index contributed by atoms with van der Waals surface area (Å²) in [6.07, 6.45) is -0.139. The summed E-state index contributed by atoms with van der Waals surface area (Å²) in [5, 5.41) is 0. The minimum Gasteiger partial charge on any atom is -0.460 e. The average molecular weight is 636 g/mol. The molecule has 0 saturated carbocycles. The summed E-state index contributed by atoms with van der Waals surface area (Å²) < 4.78 is 48.2. The Balaban J connectivity index is 1.79. The number of benzene rings is 2. The van der Waals surface area contributed by atoms with Gasteiger partial charge in [-0.05, 0) is 19.9 Å². The summed E-state index contributed by atoms with van der Waals surface area (Å²) in [6.45, 7) is 6.41. The zero-order chi connectivity index (χ0) is 32.8. The molecule has 0 spiro atoms. The van der Waals surface area contributed by atoms with E-state index in [9.17, 15) is 14.4 Å². The number of carbonyl (C=O) groups excluding carboxylic acids is 2. The molecule has 1 aliphatic heterocycles. The van der Waals surface area contributed by atoms with Gasteiger partial charge in [0.25, 0.3) is 0 Å². The highest BCUT2D eigenvalue weighted by Crippen LogP contribution is 2.40. The van der Waals surface area contributed by atoms with Crippen LogP contribution in [0.4, 0.5) is 11.4 Å². The lowest BCUT2D eigenvalue weighted by molar-refractivity contribution is -0.135. The lowest BCUT2D eigenvalue weighted by atomic mass is 10.0. The molecule has 0 saturated heterocycles. The lowest BCUT2D eigenvalue weighted by Crippen LogP contribution is -2.20. The first kappa shape index (κ1) is 35.6. The Morgan fingerprint density at radius 3 is 1.96 bits per heavy atom. The number of hydrogen-bond acceptors (Lipinski definition) is 15. The van der Waals surface area contributed by atoms with Gasteiger partial charge in [-0.1, -0.05) is 0 Å². The van der Waals surface area contributed by atoms with E-state index < -0.39 is 17.4 Å². The van der Waals surface area contributed by atoms with Crippen molar-refractivity contribution in [3.63, 3.8) is 0 Å². The van der Waals surface area contributed by atoms with Crippen LogP contribution in [-0.4, -0.2) is 104 Å². The van der Waals surface area contributed by atoms with Crippen LogP contribution >= 0.6 is 0 Å². The number of anilines is 2. The highest BCUT2D eigenvalue weighted by Gasteiger charge is 2.29. The summed E-state index contributed by atoms with van der Waals surface area (Å²) in [4.78, 5) is 43.3. The Bertz CT molecular complexity index is 1460. The summed E-state index contributed by atoms with van der Waals surface area (Å²) in [7, 11) is 3.16. The third kappa shape index (κ3) is 9.81. The minimum atomic E-state index is -0.735. The summed E-state index contributed by atoms with van der Waals surface area (Å²) >= 11 is 0. The van der Waals surface area contributed by atoms with Crippen molar-refractivity contribution in [2.75, 3.05) is 98.4 Å². The molecule has 248 valence electrons. The summed E-state index contributed by atoms with van der Waals surface area (Å²) in [5.74, 6) is -1.71. The fraction of sp³-hybridized carbons (Fsp3) is 0.533. The first-order valence-electron chi connectivity index (χ1n) is 14.3. The zero-order valence-corrected chi connectivity index (χ0v) is 26.1. The van der Waals surface area contributed by atoms with Gasteiger partial charge in [0.05, 0.1) is 78.1 Å². The maximum absolute atomic E-state index is 13.1. The highest BCUT2D eigenvalue weighted by atomic mass is 16.6. The molecule has 0 bridgehead atoms. The molecular formula is C30H41N3O12. The number of hydrogen-bond donors (Lipinski definition) is 2. The molecular weight excluding hydrogens is 594 g/mol. The third-order valence-electron chi connectivity index (χ3n) is 6.53. The molecule has 4 N–H and O–H groups in total. The van der Waals surface area contributed by atoms with E-state index in [1.54, 1.807) is 21.1 Å². The molecule has 1 aromatic rings. The Morgan fingerprint density at radius 2 is 1.36 bits per heavy atom. The van der Waals surface area contributed by atoms with Gasteiger partial charge < -0.3 is 53.8 Å². The van der Waals surface area contributed by atoms with Gasteiger partial charge in [-0.25, -0.2) is 9.78 Å². The standard InChI is InChI=1S/C30H41N3O12/c1-18-21(31)17-20(30(36)43-16-15-42-14-13-41-10-8-38-4)24-27(18)45-28-19(2)26(35)23(32)29(25(28)33-24)44-22(34)5-6-39-11-12-40-9-7-37-3/h17H,5-16,31-32H2,1-4H3. The van der Waals surface area contributed by atoms with Crippen LogP contribution in [0.5, 0.6) is 5.75 Å². The number of esters is 2. The van der Waals surface area contributed by atoms with Crippen molar-refractivity contribution in [2.24, 2.45) is 0 Å². The number of aryl methyl sites for hydroxylation is 1. The van der Waals surface area contributed by atoms with E-state index in [2.05, 4.69) is 4.98 Å². The van der Waals surface area contributed by atoms with Crippen LogP contribution in [0.3, 0.4) is 0 Å². The molecule has 15 heteroatoms. The van der Waals surface area contributed by atoms with E-state index in [0.717, 1.165) is 0 Å². The van der Waals surface area contributed by atoms with E-state index >= 15 is 0 Å². The van der Waals surface area contributed by atoms with E-state index in [1.807, 2.05) is 0 Å². The van der Waals surface area contributed by atoms with Crippen molar-refractivity contribution >= 4 is 34.4 Å². The Morgan fingerprint density at radius 1 is 0.800 bits per heavy atom. The molecule has 0 fully saturated rings. The minimum absolute atomic E-state index is 0.00229. The molecule has 3 rings (SSSR count). The Labute approximate surface area is 260 Å². The van der Waals surface area contributed by atoms with Crippen LogP contribution in [0.2, 0.25) is 0 Å². The van der Waals surface area contributed by atoms with Crippen LogP contribution in [0.1, 0.15) is 27.9 Å². The van der Waals surface area contributed by atoms with Gasteiger partial charge in [-0.15, -0.1) is 0 Å². The quantitative estimate of drug-likeness (QED) is 0.0598. The zero-order valence-electron chi connectivity index (χ0n) is 26.1. The van der Waals surface area contributed by atoms with Crippen LogP contribution in [-0.2, 0) is 38.0 Å². The molecule has 0 atom stereocenters. The van der Waals surface area contributed by atoms with E-state index in [0.29, 0.717) is 51.8 Å². The molecule has 1 heterocycles. The molecule has 0 radical (unpaired) electrons. The average Bonchev–Trinajstić information content (AvgIpc) is 3.03. The first-order chi connectivity index (χ1) is 21.7. The molecule has 2 aliphatic rings. The Hall–Kier alpha value is -3.86. The second kappa shape index (κ2) is 18.2. The number of methoxy groups -OCH3 is 2. The fourth-order valence-corrected chi connectivity index (χ4v) is 4.03. The van der Waals surface area contributed by atoms with Gasteiger partial charge in [0.15, 0.2) is 22.8 Å². The molecule has 1 aliphatic carbocycles. The smallest absolute Gasteiger partial charge is 0.340 e. The molecule has 1 aromatic carbocycles. The van der Waals surface area contributed by atoms with Crippen molar-refractivity contribution in [1.82, 2.24) is 4.98 Å². The third-order valence-corrected chi connectivity index (χ3v) is 6.53. The van der Waals surface area contributed by atoms with E-state index in [4.69, 9.17) is 53.8 Å². The van der Waals surface area contributed by atoms with Gasteiger partial charge >= 0.3 is 11.9 Å². The molecule has 0 amide bonds. The van der Waals surface area contributed by atoms with Crippen molar-refractivity contribution in [2.45, 2.75) is 20.3 Å². The highest BCUT2D eigenvalue weighted by molar-refractivity contribution is 6.05. The van der Waals surface area contributed by atoms with Crippen LogP contribution in [0.15, 0.2) is 15.3 Å². The normalized spacial score (nSPS) is 11.4. The number of ether oxygens (including phenoxy) is 8. The number of carbonyl (C=O) groups is 2. The first-order valence-corrected chi connectivity index (χ1v) is 14.3. The summed E-state index contributed by atoms with van der Waals surface area (Å²) in [6, 6.07) is 1.42. The lowest BCUT2D eigenvalue weighted by Gasteiger charge is -2.17. The van der Waals surface area contributed by atoms with Crippen LogP contribution in [0.25, 0.3) is 22.6 Å². The van der Waals surface area contributed by atoms with Gasteiger partial charge in [-0.2, -0.15) is 0 Å². The monoisotopic (exact) mass is 635 g/mol. The van der Waals surface area contributed by atoms with Crippen molar-refractivity contribution in [3.05, 3.63) is 33.0 Å². The van der Waals surface area contributed by atoms with Crippen LogP contribution < -0.4 is 21.6 Å². The van der Waals surface area contributed by atoms with Crippen molar-refractivity contribution < 1.29 is 51.9 Å². The largest absolute Gasteiger partial charge is 0.460 e.